The Morgan fingerprint density at radius 2 is 2.06 bits per heavy atom. The average Bonchev–Trinajstić information content (AvgIpc) is 3.55. The van der Waals surface area contributed by atoms with E-state index in [1.165, 1.54) is 16.4 Å². The number of hydrazone groups is 1. The molecule has 0 aliphatic heterocycles. The van der Waals surface area contributed by atoms with Gasteiger partial charge in [0.15, 0.2) is 10.9 Å². The number of nitrogens with two attached hydrogens (primary N) is 1. The number of hydrogen-bond acceptors (Lipinski definition) is 12. The highest BCUT2D eigenvalue weighted by Crippen LogP contribution is 2.24. The molecule has 0 radical (unpaired) electrons. The van der Waals surface area contributed by atoms with Crippen LogP contribution in [0.4, 0.5) is 5.82 Å². The minimum Gasteiger partial charge on any atom is -0.508 e. The van der Waals surface area contributed by atoms with Crippen molar-refractivity contribution < 1.29 is 14.5 Å². The molecule has 0 saturated heterocycles. The van der Waals surface area contributed by atoms with Crippen molar-refractivity contribution in [1.82, 2.24) is 45.5 Å². The van der Waals surface area contributed by atoms with Crippen LogP contribution < -0.4 is 11.2 Å². The van der Waals surface area contributed by atoms with E-state index in [4.69, 9.17) is 5.73 Å². The first-order valence-electron chi connectivity index (χ1n) is 10.1. The van der Waals surface area contributed by atoms with Gasteiger partial charge in [-0.05, 0) is 46.6 Å². The molecule has 0 fully saturated rings. The number of rotatable bonds is 9. The second kappa shape index (κ2) is 10.1. The Morgan fingerprint density at radius 3 is 2.71 bits per heavy atom. The molecule has 4 aromatic rings. The van der Waals surface area contributed by atoms with Crippen LogP contribution >= 0.6 is 11.8 Å². The van der Waals surface area contributed by atoms with Gasteiger partial charge in [-0.1, -0.05) is 30.3 Å². The summed E-state index contributed by atoms with van der Waals surface area (Å²) in [6.45, 7) is 2.00. The number of aromatic nitrogens is 8. The van der Waals surface area contributed by atoms with E-state index >= 15 is 0 Å². The fourth-order valence-corrected chi connectivity index (χ4v) is 3.86. The number of hydrogen-bond donors (Lipinski definition) is 3. The van der Waals surface area contributed by atoms with Crippen LogP contribution in [0.15, 0.2) is 45.5 Å². The minimum atomic E-state index is -0.567. The van der Waals surface area contributed by atoms with E-state index < -0.39 is 5.91 Å². The molecule has 0 aliphatic rings. The number of phenols is 1. The molecule has 1 amide bonds. The lowest BCUT2D eigenvalue weighted by atomic mass is 10.1. The van der Waals surface area contributed by atoms with Crippen molar-refractivity contribution in [3.63, 3.8) is 0 Å². The summed E-state index contributed by atoms with van der Waals surface area (Å²) in [5.74, 6) is -0.0659. The first-order chi connectivity index (χ1) is 16.5. The number of phenolic OH excluding ortho intramolecular Hbond substituents is 1. The van der Waals surface area contributed by atoms with E-state index in [1.807, 2.05) is 6.92 Å². The number of aryl methyl sites for hydroxylation is 1. The van der Waals surface area contributed by atoms with Gasteiger partial charge < -0.3 is 15.4 Å². The second-order valence-corrected chi connectivity index (χ2v) is 8.02. The SMILES string of the molecule is CCC/C(=N/NC(=O)c1nnn(-c2nonc2N)c1CSc1nncn1C)c1ccc(O)cc1. The fraction of sp³-hybridized carbons (Fsp3) is 0.263. The van der Waals surface area contributed by atoms with Crippen LogP contribution in [0.25, 0.3) is 5.82 Å². The Balaban J connectivity index is 1.63. The molecule has 176 valence electrons. The van der Waals surface area contributed by atoms with Crippen molar-refractivity contribution in [1.29, 1.82) is 0 Å². The third kappa shape index (κ3) is 4.88. The van der Waals surface area contributed by atoms with Gasteiger partial charge in [-0.3, -0.25) is 4.79 Å². The first-order valence-corrected chi connectivity index (χ1v) is 11.1. The summed E-state index contributed by atoms with van der Waals surface area (Å²) in [5.41, 5.74) is 10.2. The smallest absolute Gasteiger partial charge is 0.293 e. The number of carbonyl (C=O) groups excluding carboxylic acids is 1. The second-order valence-electron chi connectivity index (χ2n) is 7.08. The zero-order valence-electron chi connectivity index (χ0n) is 18.3. The van der Waals surface area contributed by atoms with Crippen LogP contribution in [0.2, 0.25) is 0 Å². The largest absolute Gasteiger partial charge is 0.508 e. The standard InChI is InChI=1S/C19H21N11O3S/c1-3-4-13(11-5-7-12(31)8-6-11)22-24-18(32)15-14(9-34-19-25-21-10-29(19)2)30(28-23-15)17-16(20)26-33-27-17/h5-8,10,31H,3-4,9H2,1-2H3,(H2,20,26)(H,24,32)/b22-13-. The molecule has 0 unspecified atom stereocenters. The van der Waals surface area contributed by atoms with E-state index in [-0.39, 0.29) is 28.8 Å². The minimum absolute atomic E-state index is 0.00245. The zero-order chi connectivity index (χ0) is 24.1. The number of amides is 1. The lowest BCUT2D eigenvalue weighted by molar-refractivity contribution is 0.0949. The van der Waals surface area contributed by atoms with E-state index in [2.05, 4.69) is 46.0 Å². The van der Waals surface area contributed by atoms with Gasteiger partial charge in [0.2, 0.25) is 11.6 Å². The molecule has 3 heterocycles. The van der Waals surface area contributed by atoms with Crippen molar-refractivity contribution in [2.24, 2.45) is 12.1 Å². The van der Waals surface area contributed by atoms with Crippen molar-refractivity contribution in [3.8, 4) is 11.6 Å². The molecule has 4 N–H and O–H groups in total. The fourth-order valence-electron chi connectivity index (χ4n) is 2.98. The van der Waals surface area contributed by atoms with Crippen LogP contribution in [-0.4, -0.2) is 56.8 Å². The Hall–Kier alpha value is -4.27. The summed E-state index contributed by atoms with van der Waals surface area (Å²) in [6.07, 6.45) is 3.00. The third-order valence-corrected chi connectivity index (χ3v) is 5.71. The molecular weight excluding hydrogens is 462 g/mol. The Bertz CT molecular complexity index is 1310. The highest BCUT2D eigenvalue weighted by molar-refractivity contribution is 7.98. The molecule has 0 aliphatic carbocycles. The van der Waals surface area contributed by atoms with Crippen LogP contribution in [0, 0.1) is 0 Å². The highest BCUT2D eigenvalue weighted by Gasteiger charge is 2.24. The quantitative estimate of drug-likeness (QED) is 0.177. The van der Waals surface area contributed by atoms with Gasteiger partial charge >= 0.3 is 0 Å². The maximum Gasteiger partial charge on any atom is 0.293 e. The molecule has 0 atom stereocenters. The van der Waals surface area contributed by atoms with E-state index in [1.54, 1.807) is 42.2 Å². The zero-order valence-corrected chi connectivity index (χ0v) is 19.1. The number of benzene rings is 1. The van der Waals surface area contributed by atoms with Crippen LogP contribution in [0.1, 0.15) is 41.5 Å². The number of anilines is 1. The van der Waals surface area contributed by atoms with E-state index in [0.29, 0.717) is 23.0 Å². The molecule has 0 spiro atoms. The van der Waals surface area contributed by atoms with Gasteiger partial charge in [0, 0.05) is 12.8 Å². The topological polar surface area (TPSA) is 188 Å². The summed E-state index contributed by atoms with van der Waals surface area (Å²) in [6, 6.07) is 6.59. The van der Waals surface area contributed by atoms with Gasteiger partial charge in [0.25, 0.3) is 5.91 Å². The van der Waals surface area contributed by atoms with Crippen LogP contribution in [0.3, 0.4) is 0 Å². The van der Waals surface area contributed by atoms with Crippen LogP contribution in [0.5, 0.6) is 5.75 Å². The Kier molecular flexibility index (Phi) is 6.82. The molecule has 1 aromatic carbocycles. The van der Waals surface area contributed by atoms with E-state index in [9.17, 15) is 9.90 Å². The summed E-state index contributed by atoms with van der Waals surface area (Å²) in [5, 5.41) is 37.7. The predicted octanol–water partition coefficient (Wildman–Crippen LogP) is 1.29. The molecule has 0 saturated carbocycles. The van der Waals surface area contributed by atoms with Crippen molar-refractivity contribution in [2.45, 2.75) is 30.7 Å². The number of nitrogens with one attached hydrogen (secondary N) is 1. The molecule has 0 bridgehead atoms. The average molecular weight is 484 g/mol. The molecule has 14 nitrogen and oxygen atoms in total. The Morgan fingerprint density at radius 1 is 1.26 bits per heavy atom. The molecular formula is C19H21N11O3S. The van der Waals surface area contributed by atoms with Crippen molar-refractivity contribution in [3.05, 3.63) is 47.5 Å². The monoisotopic (exact) mass is 483 g/mol. The number of carbonyl (C=O) groups is 1. The normalized spacial score (nSPS) is 11.6. The lowest BCUT2D eigenvalue weighted by Gasteiger charge is -2.07. The van der Waals surface area contributed by atoms with E-state index in [0.717, 1.165) is 12.0 Å². The lowest BCUT2D eigenvalue weighted by Crippen LogP contribution is -2.22. The Labute approximate surface area is 197 Å². The molecule has 4 rings (SSSR count). The van der Waals surface area contributed by atoms with Gasteiger partial charge in [-0.2, -0.15) is 9.78 Å². The number of thioether (sulfide) groups is 1. The van der Waals surface area contributed by atoms with Gasteiger partial charge in [0.05, 0.1) is 11.4 Å². The predicted molar refractivity (Wildman–Crippen MR) is 121 cm³/mol. The van der Waals surface area contributed by atoms with Gasteiger partial charge in [-0.25, -0.2) is 10.1 Å². The molecule has 3 aromatic heterocycles. The third-order valence-electron chi connectivity index (χ3n) is 4.66. The maximum atomic E-state index is 13.0. The summed E-state index contributed by atoms with van der Waals surface area (Å²) in [4.78, 5) is 13.0. The first kappa shape index (κ1) is 22.9. The summed E-state index contributed by atoms with van der Waals surface area (Å²) < 4.78 is 7.70. The number of nitrogens with zero attached hydrogens (tertiary/aromatic N) is 9. The van der Waals surface area contributed by atoms with Crippen LogP contribution in [-0.2, 0) is 12.8 Å². The maximum absolute atomic E-state index is 13.0. The summed E-state index contributed by atoms with van der Waals surface area (Å²) in [7, 11) is 1.80. The molecule has 15 heteroatoms. The van der Waals surface area contributed by atoms with Gasteiger partial charge in [-0.15, -0.1) is 15.3 Å². The highest BCUT2D eigenvalue weighted by atomic mass is 32.2. The van der Waals surface area contributed by atoms with Gasteiger partial charge in [0.1, 0.15) is 12.1 Å². The summed E-state index contributed by atoms with van der Waals surface area (Å²) >= 11 is 1.32. The number of nitrogen functional groups attached to an aromatic ring is 1. The number of aromatic hydroxyl groups is 1. The molecule has 34 heavy (non-hydrogen) atoms. The van der Waals surface area contributed by atoms with Crippen molar-refractivity contribution >= 4 is 29.2 Å². The van der Waals surface area contributed by atoms with Crippen molar-refractivity contribution in [2.75, 3.05) is 5.73 Å².